The van der Waals surface area contributed by atoms with Crippen LogP contribution in [0.25, 0.3) is 0 Å². The van der Waals surface area contributed by atoms with E-state index < -0.39 is 10.0 Å². The molecule has 8 heteroatoms. The first-order valence-electron chi connectivity index (χ1n) is 10.7. The van der Waals surface area contributed by atoms with Crippen molar-refractivity contribution < 1.29 is 18.0 Å². The summed E-state index contributed by atoms with van der Waals surface area (Å²) in [5.74, 6) is -0.226. The molecule has 0 atom stereocenters. The number of amides is 2. The van der Waals surface area contributed by atoms with E-state index in [9.17, 15) is 18.0 Å². The highest BCUT2D eigenvalue weighted by molar-refractivity contribution is 7.92. The number of anilines is 1. The van der Waals surface area contributed by atoms with E-state index in [1.165, 1.54) is 24.3 Å². The van der Waals surface area contributed by atoms with Gasteiger partial charge in [-0.2, -0.15) is 0 Å². The van der Waals surface area contributed by atoms with Gasteiger partial charge in [0.15, 0.2) is 0 Å². The molecule has 1 saturated heterocycles. The topological polar surface area (TPSA) is 86.8 Å². The second-order valence-corrected chi connectivity index (χ2v) is 9.58. The highest BCUT2D eigenvalue weighted by atomic mass is 32.2. The van der Waals surface area contributed by atoms with Crippen molar-refractivity contribution in [3.63, 3.8) is 0 Å². The summed E-state index contributed by atoms with van der Waals surface area (Å²) in [6.45, 7) is 3.57. The average Bonchev–Trinajstić information content (AvgIpc) is 2.85. The van der Waals surface area contributed by atoms with Crippen LogP contribution >= 0.6 is 0 Å². The second-order valence-electron chi connectivity index (χ2n) is 7.90. The molecule has 1 aliphatic rings. The Morgan fingerprint density at radius 2 is 1.18 bits per heavy atom. The van der Waals surface area contributed by atoms with Crippen LogP contribution < -0.4 is 4.72 Å². The third kappa shape index (κ3) is 5.06. The number of nitrogens with one attached hydrogen (secondary N) is 1. The molecule has 0 bridgehead atoms. The van der Waals surface area contributed by atoms with Gasteiger partial charge >= 0.3 is 0 Å². The van der Waals surface area contributed by atoms with Crippen molar-refractivity contribution in [3.05, 3.63) is 95.6 Å². The normalized spacial score (nSPS) is 14.1. The minimum absolute atomic E-state index is 0.0431. The van der Waals surface area contributed by atoms with Crippen molar-refractivity contribution in [1.82, 2.24) is 9.80 Å². The molecule has 3 aromatic rings. The molecule has 1 aliphatic heterocycles. The lowest BCUT2D eigenvalue weighted by Gasteiger charge is -2.35. The summed E-state index contributed by atoms with van der Waals surface area (Å²) in [6.07, 6.45) is 0. The maximum absolute atomic E-state index is 12.9. The molecular formula is C25H25N3O4S. The van der Waals surface area contributed by atoms with E-state index in [0.29, 0.717) is 43.0 Å². The van der Waals surface area contributed by atoms with Gasteiger partial charge in [0.1, 0.15) is 0 Å². The monoisotopic (exact) mass is 463 g/mol. The lowest BCUT2D eigenvalue weighted by atomic mass is 10.1. The third-order valence-electron chi connectivity index (χ3n) is 5.68. The Labute approximate surface area is 193 Å². The quantitative estimate of drug-likeness (QED) is 0.628. The summed E-state index contributed by atoms with van der Waals surface area (Å²) in [5.41, 5.74) is 2.37. The van der Waals surface area contributed by atoms with Crippen molar-refractivity contribution in [2.24, 2.45) is 0 Å². The molecule has 0 radical (unpaired) electrons. The molecule has 0 aliphatic carbocycles. The van der Waals surface area contributed by atoms with Gasteiger partial charge in [-0.1, -0.05) is 36.4 Å². The lowest BCUT2D eigenvalue weighted by Crippen LogP contribution is -2.50. The molecular weight excluding hydrogens is 438 g/mol. The number of benzene rings is 3. The number of piperazine rings is 1. The smallest absolute Gasteiger partial charge is 0.261 e. The first-order valence-corrected chi connectivity index (χ1v) is 12.2. The Kier molecular flexibility index (Phi) is 6.46. The van der Waals surface area contributed by atoms with E-state index in [4.69, 9.17) is 0 Å². The largest absolute Gasteiger partial charge is 0.335 e. The molecule has 7 nitrogen and oxygen atoms in total. The van der Waals surface area contributed by atoms with E-state index in [1.54, 1.807) is 34.1 Å². The molecule has 0 aromatic heterocycles. The van der Waals surface area contributed by atoms with Gasteiger partial charge < -0.3 is 9.80 Å². The van der Waals surface area contributed by atoms with Crippen molar-refractivity contribution in [2.75, 3.05) is 30.9 Å². The summed E-state index contributed by atoms with van der Waals surface area (Å²) in [7, 11) is -3.77. The van der Waals surface area contributed by atoms with Crippen LogP contribution in [0.4, 0.5) is 5.69 Å². The Bertz CT molecular complexity index is 1250. The van der Waals surface area contributed by atoms with Crippen molar-refractivity contribution in [1.29, 1.82) is 0 Å². The molecule has 3 aromatic carbocycles. The number of sulfonamides is 1. The fraction of sp³-hybridized carbons (Fsp3) is 0.200. The van der Waals surface area contributed by atoms with Gasteiger partial charge in [0.05, 0.1) is 10.6 Å². The van der Waals surface area contributed by atoms with E-state index in [0.717, 1.165) is 5.56 Å². The van der Waals surface area contributed by atoms with E-state index in [-0.39, 0.29) is 16.7 Å². The fourth-order valence-corrected chi connectivity index (χ4v) is 4.86. The Hall–Kier alpha value is -3.65. The summed E-state index contributed by atoms with van der Waals surface area (Å²) in [6, 6.07) is 22.1. The maximum Gasteiger partial charge on any atom is 0.261 e. The van der Waals surface area contributed by atoms with E-state index in [1.807, 2.05) is 37.3 Å². The number of carbonyl (C=O) groups is 2. The average molecular weight is 464 g/mol. The van der Waals surface area contributed by atoms with E-state index in [2.05, 4.69) is 4.72 Å². The highest BCUT2D eigenvalue weighted by Gasteiger charge is 2.26. The van der Waals surface area contributed by atoms with Crippen LogP contribution in [0.3, 0.4) is 0 Å². The second kappa shape index (κ2) is 9.46. The van der Waals surface area contributed by atoms with Gasteiger partial charge in [-0.3, -0.25) is 14.3 Å². The Balaban J connectivity index is 1.39. The molecule has 0 spiro atoms. The molecule has 170 valence electrons. The standard InChI is InChI=1S/C25H25N3O4S/c1-19-7-5-6-10-23(19)26-33(31,32)22-13-11-21(12-14-22)25(30)28-17-15-27(16-18-28)24(29)20-8-3-2-4-9-20/h2-14,26H,15-18H2,1H3. The van der Waals surface area contributed by atoms with Crippen LogP contribution in [0.15, 0.2) is 83.8 Å². The summed E-state index contributed by atoms with van der Waals surface area (Å²) < 4.78 is 28.0. The summed E-state index contributed by atoms with van der Waals surface area (Å²) >= 11 is 0. The third-order valence-corrected chi connectivity index (χ3v) is 7.06. The zero-order chi connectivity index (χ0) is 23.4. The predicted molar refractivity (Wildman–Crippen MR) is 127 cm³/mol. The van der Waals surface area contributed by atoms with Crippen LogP contribution in [0, 0.1) is 6.92 Å². The van der Waals surface area contributed by atoms with Crippen molar-refractivity contribution in [3.8, 4) is 0 Å². The first-order chi connectivity index (χ1) is 15.8. The number of rotatable bonds is 5. The lowest BCUT2D eigenvalue weighted by molar-refractivity contribution is 0.0535. The van der Waals surface area contributed by atoms with Crippen LogP contribution in [-0.2, 0) is 10.0 Å². The van der Waals surface area contributed by atoms with Gasteiger partial charge in [0.25, 0.3) is 21.8 Å². The zero-order valence-corrected chi connectivity index (χ0v) is 19.1. The first kappa shape index (κ1) is 22.5. The number of hydrogen-bond donors (Lipinski definition) is 1. The highest BCUT2D eigenvalue weighted by Crippen LogP contribution is 2.20. The molecule has 4 rings (SSSR count). The molecule has 33 heavy (non-hydrogen) atoms. The van der Waals surface area contributed by atoms with Gasteiger partial charge in [0.2, 0.25) is 0 Å². The van der Waals surface area contributed by atoms with Gasteiger partial charge in [-0.25, -0.2) is 8.42 Å². The van der Waals surface area contributed by atoms with Crippen LogP contribution in [-0.4, -0.2) is 56.2 Å². The number of hydrogen-bond acceptors (Lipinski definition) is 4. The number of carbonyl (C=O) groups excluding carboxylic acids is 2. The molecule has 2 amide bonds. The van der Waals surface area contributed by atoms with Crippen LogP contribution in [0.5, 0.6) is 0 Å². The number of aryl methyl sites for hydroxylation is 1. The Morgan fingerprint density at radius 3 is 1.73 bits per heavy atom. The Morgan fingerprint density at radius 1 is 0.697 bits per heavy atom. The van der Waals surface area contributed by atoms with Gasteiger partial charge in [-0.15, -0.1) is 0 Å². The van der Waals surface area contributed by atoms with E-state index >= 15 is 0 Å². The predicted octanol–water partition coefficient (Wildman–Crippen LogP) is 3.39. The minimum Gasteiger partial charge on any atom is -0.335 e. The van der Waals surface area contributed by atoms with Gasteiger partial charge in [-0.05, 0) is 55.0 Å². The van der Waals surface area contributed by atoms with Crippen molar-refractivity contribution >= 4 is 27.5 Å². The number of para-hydroxylation sites is 1. The SMILES string of the molecule is Cc1ccccc1NS(=O)(=O)c1ccc(C(=O)N2CCN(C(=O)c3ccccc3)CC2)cc1. The summed E-state index contributed by atoms with van der Waals surface area (Å²) in [5, 5.41) is 0. The maximum atomic E-state index is 12.9. The molecule has 1 fully saturated rings. The zero-order valence-electron chi connectivity index (χ0n) is 18.3. The minimum atomic E-state index is -3.77. The van der Waals surface area contributed by atoms with Crippen LogP contribution in [0.2, 0.25) is 0 Å². The molecule has 1 N–H and O–H groups in total. The molecule has 0 saturated carbocycles. The fourth-order valence-electron chi connectivity index (χ4n) is 3.73. The van der Waals surface area contributed by atoms with Crippen LogP contribution in [0.1, 0.15) is 26.3 Å². The molecule has 1 heterocycles. The van der Waals surface area contributed by atoms with Gasteiger partial charge in [0, 0.05) is 37.3 Å². The summed E-state index contributed by atoms with van der Waals surface area (Å²) in [4.78, 5) is 29.0. The van der Waals surface area contributed by atoms with Crippen molar-refractivity contribution in [2.45, 2.75) is 11.8 Å². The number of nitrogens with zero attached hydrogens (tertiary/aromatic N) is 2. The molecule has 0 unspecified atom stereocenters.